The van der Waals surface area contributed by atoms with Crippen molar-refractivity contribution in [3.8, 4) is 22.6 Å². The van der Waals surface area contributed by atoms with Gasteiger partial charge in [-0.05, 0) is 18.2 Å². The average Bonchev–Trinajstić information content (AvgIpc) is 3.19. The maximum Gasteiger partial charge on any atom is 0.223 e. The molecule has 0 amide bonds. The van der Waals surface area contributed by atoms with E-state index in [4.69, 9.17) is 4.98 Å². The van der Waals surface area contributed by atoms with Gasteiger partial charge in [0, 0.05) is 36.3 Å². The van der Waals surface area contributed by atoms with E-state index in [-0.39, 0.29) is 0 Å². The first-order valence-electron chi connectivity index (χ1n) is 8.37. The third kappa shape index (κ3) is 3.92. The van der Waals surface area contributed by atoms with E-state index < -0.39 is 0 Å². The first-order chi connectivity index (χ1) is 12.9. The van der Waals surface area contributed by atoms with Crippen molar-refractivity contribution in [2.75, 3.05) is 11.9 Å². The first kappa shape index (κ1) is 16.4. The second-order valence-corrected chi connectivity index (χ2v) is 6.59. The van der Waals surface area contributed by atoms with Crippen LogP contribution in [0.25, 0.3) is 22.6 Å². The van der Waals surface area contributed by atoms with Crippen molar-refractivity contribution < 1.29 is 0 Å². The second-order valence-electron chi connectivity index (χ2n) is 5.65. The monoisotopic (exact) mass is 359 g/mol. The number of aromatic nitrogens is 4. The number of thiazole rings is 1. The van der Waals surface area contributed by atoms with Gasteiger partial charge >= 0.3 is 0 Å². The van der Waals surface area contributed by atoms with Crippen LogP contribution < -0.4 is 5.32 Å². The number of nitrogens with zero attached hydrogens (tertiary/aromatic N) is 4. The summed E-state index contributed by atoms with van der Waals surface area (Å²) in [6, 6.07) is 17.9. The zero-order valence-electron chi connectivity index (χ0n) is 14.0. The van der Waals surface area contributed by atoms with Gasteiger partial charge in [-0.3, -0.25) is 4.98 Å². The fraction of sp³-hybridized carbons (Fsp3) is 0.100. The van der Waals surface area contributed by atoms with Gasteiger partial charge in [0.1, 0.15) is 0 Å². The van der Waals surface area contributed by atoms with Gasteiger partial charge in [-0.25, -0.2) is 15.0 Å². The Morgan fingerprint density at radius 3 is 2.50 bits per heavy atom. The van der Waals surface area contributed by atoms with E-state index >= 15 is 0 Å². The molecule has 0 spiro atoms. The van der Waals surface area contributed by atoms with Crippen LogP contribution in [0.15, 0.2) is 72.4 Å². The van der Waals surface area contributed by atoms with Gasteiger partial charge in [0.25, 0.3) is 0 Å². The van der Waals surface area contributed by atoms with Crippen LogP contribution in [-0.2, 0) is 6.42 Å². The van der Waals surface area contributed by atoms with Crippen molar-refractivity contribution in [1.29, 1.82) is 0 Å². The minimum Gasteiger partial charge on any atom is -0.354 e. The Morgan fingerprint density at radius 1 is 0.769 bits per heavy atom. The number of rotatable bonds is 6. The summed E-state index contributed by atoms with van der Waals surface area (Å²) in [5.74, 6) is 0.605. The van der Waals surface area contributed by atoms with Crippen molar-refractivity contribution in [1.82, 2.24) is 19.9 Å². The molecule has 128 valence electrons. The highest BCUT2D eigenvalue weighted by Crippen LogP contribution is 2.21. The summed E-state index contributed by atoms with van der Waals surface area (Å²) in [4.78, 5) is 17.8. The third-order valence-electron chi connectivity index (χ3n) is 3.83. The molecular weight excluding hydrogens is 342 g/mol. The van der Waals surface area contributed by atoms with Crippen molar-refractivity contribution in [2.45, 2.75) is 6.42 Å². The van der Waals surface area contributed by atoms with Crippen molar-refractivity contribution >= 4 is 17.3 Å². The third-order valence-corrected chi connectivity index (χ3v) is 4.73. The van der Waals surface area contributed by atoms with E-state index in [1.807, 2.05) is 42.5 Å². The molecule has 0 saturated carbocycles. The summed E-state index contributed by atoms with van der Waals surface area (Å²) in [7, 11) is 0. The van der Waals surface area contributed by atoms with E-state index in [1.165, 1.54) is 0 Å². The lowest BCUT2D eigenvalue weighted by Crippen LogP contribution is -2.08. The molecular formula is C20H17N5S. The predicted octanol–water partition coefficient (Wildman–Crippen LogP) is 4.32. The zero-order chi connectivity index (χ0) is 17.6. The molecule has 0 aliphatic carbocycles. The van der Waals surface area contributed by atoms with Crippen molar-refractivity contribution in [2.24, 2.45) is 0 Å². The number of hydrogen-bond acceptors (Lipinski definition) is 6. The molecule has 4 aromatic rings. The highest BCUT2D eigenvalue weighted by Gasteiger charge is 2.06. The van der Waals surface area contributed by atoms with Crippen LogP contribution in [0, 0.1) is 0 Å². The Bertz CT molecular complexity index is 970. The number of pyridine rings is 1. The fourth-order valence-corrected chi connectivity index (χ4v) is 3.36. The number of nitrogens with one attached hydrogen (secondary N) is 1. The molecule has 3 aromatic heterocycles. The molecule has 26 heavy (non-hydrogen) atoms. The molecule has 0 aliphatic heterocycles. The summed E-state index contributed by atoms with van der Waals surface area (Å²) in [5, 5.41) is 6.46. The molecule has 0 atom stereocenters. The Kier molecular flexibility index (Phi) is 4.93. The molecule has 1 N–H and O–H groups in total. The lowest BCUT2D eigenvalue weighted by Gasteiger charge is -2.05. The lowest BCUT2D eigenvalue weighted by atomic mass is 10.2. The van der Waals surface area contributed by atoms with Crippen molar-refractivity contribution in [3.63, 3.8) is 0 Å². The van der Waals surface area contributed by atoms with Gasteiger partial charge in [0.05, 0.1) is 22.1 Å². The molecule has 1 aromatic carbocycles. The van der Waals surface area contributed by atoms with Gasteiger partial charge < -0.3 is 5.32 Å². The van der Waals surface area contributed by atoms with Gasteiger partial charge in [0.15, 0.2) is 0 Å². The number of hydrogen-bond donors (Lipinski definition) is 1. The molecule has 0 radical (unpaired) electrons. The largest absolute Gasteiger partial charge is 0.354 e. The lowest BCUT2D eigenvalue weighted by molar-refractivity contribution is 0.970. The molecule has 3 heterocycles. The van der Waals surface area contributed by atoms with Crippen LogP contribution in [-0.4, -0.2) is 26.5 Å². The molecule has 4 rings (SSSR count). The van der Waals surface area contributed by atoms with Crippen LogP contribution in [0.4, 0.5) is 5.95 Å². The SMILES string of the molecule is c1ccc(-c2csc(CCNc3nccc(-c4ccccn4)n3)n2)cc1. The van der Waals surface area contributed by atoms with Crippen molar-refractivity contribution in [3.05, 3.63) is 77.4 Å². The van der Waals surface area contributed by atoms with E-state index in [0.717, 1.165) is 40.6 Å². The maximum atomic E-state index is 4.70. The van der Waals surface area contributed by atoms with Gasteiger partial charge in [-0.1, -0.05) is 36.4 Å². The van der Waals surface area contributed by atoms with Crippen LogP contribution in [0.1, 0.15) is 5.01 Å². The molecule has 0 aliphatic rings. The Balaban J connectivity index is 1.38. The summed E-state index contributed by atoms with van der Waals surface area (Å²) >= 11 is 1.68. The minimum absolute atomic E-state index is 0.605. The van der Waals surface area contributed by atoms with Crippen LogP contribution >= 0.6 is 11.3 Å². The van der Waals surface area contributed by atoms with E-state index in [1.54, 1.807) is 23.7 Å². The molecule has 6 heteroatoms. The average molecular weight is 359 g/mol. The number of anilines is 1. The quantitative estimate of drug-likeness (QED) is 0.555. The van der Waals surface area contributed by atoms with E-state index in [9.17, 15) is 0 Å². The van der Waals surface area contributed by atoms with Crippen LogP contribution in [0.2, 0.25) is 0 Å². The topological polar surface area (TPSA) is 63.6 Å². The van der Waals surface area contributed by atoms with Gasteiger partial charge in [-0.2, -0.15) is 0 Å². The predicted molar refractivity (Wildman–Crippen MR) is 105 cm³/mol. The fourth-order valence-electron chi connectivity index (χ4n) is 2.55. The van der Waals surface area contributed by atoms with Gasteiger partial charge in [0.2, 0.25) is 5.95 Å². The Morgan fingerprint density at radius 2 is 1.65 bits per heavy atom. The van der Waals surface area contributed by atoms with Crippen LogP contribution in [0.5, 0.6) is 0 Å². The summed E-state index contributed by atoms with van der Waals surface area (Å²) in [5.41, 5.74) is 3.82. The van der Waals surface area contributed by atoms with Crippen LogP contribution in [0.3, 0.4) is 0 Å². The van der Waals surface area contributed by atoms with E-state index in [0.29, 0.717) is 5.95 Å². The highest BCUT2D eigenvalue weighted by molar-refractivity contribution is 7.09. The van der Waals surface area contributed by atoms with Gasteiger partial charge in [-0.15, -0.1) is 11.3 Å². The Labute approximate surface area is 155 Å². The second kappa shape index (κ2) is 7.84. The summed E-state index contributed by atoms with van der Waals surface area (Å²) in [6.45, 7) is 0.730. The molecule has 0 fully saturated rings. The Hall–Kier alpha value is -3.12. The summed E-state index contributed by atoms with van der Waals surface area (Å²) < 4.78 is 0. The molecule has 0 unspecified atom stereocenters. The zero-order valence-corrected chi connectivity index (χ0v) is 14.9. The smallest absolute Gasteiger partial charge is 0.223 e. The normalized spacial score (nSPS) is 10.6. The first-order valence-corrected chi connectivity index (χ1v) is 9.24. The number of benzene rings is 1. The molecule has 0 bridgehead atoms. The van der Waals surface area contributed by atoms with E-state index in [2.05, 4.69) is 37.8 Å². The standard InChI is InChI=1S/C20H17N5S/c1-2-6-15(7-3-1)18-14-26-19(24-18)10-13-23-20-22-12-9-17(25-20)16-8-4-5-11-21-16/h1-9,11-12,14H,10,13H2,(H,22,23,25). The maximum absolute atomic E-state index is 4.70. The minimum atomic E-state index is 0.605. The molecule has 5 nitrogen and oxygen atoms in total. The highest BCUT2D eigenvalue weighted by atomic mass is 32.1. The summed E-state index contributed by atoms with van der Waals surface area (Å²) in [6.07, 6.45) is 4.34. The molecule has 0 saturated heterocycles.